The molecular weight excluding hydrogens is 313 g/mol. The SMILES string of the molecule is CN(CC(O)COc1cc(Cl)ccc1Cl)CC1CCCO1. The van der Waals surface area contributed by atoms with Gasteiger partial charge >= 0.3 is 0 Å². The van der Waals surface area contributed by atoms with Gasteiger partial charge in [0, 0.05) is 30.8 Å². The van der Waals surface area contributed by atoms with Crippen LogP contribution in [0.4, 0.5) is 0 Å². The zero-order valence-corrected chi connectivity index (χ0v) is 13.6. The predicted molar refractivity (Wildman–Crippen MR) is 84.4 cm³/mol. The van der Waals surface area contributed by atoms with Crippen molar-refractivity contribution >= 4 is 23.2 Å². The third-order valence-electron chi connectivity index (χ3n) is 3.39. The first-order chi connectivity index (χ1) is 10.0. The number of nitrogens with zero attached hydrogens (tertiary/aromatic N) is 1. The molecule has 21 heavy (non-hydrogen) atoms. The Balaban J connectivity index is 1.73. The molecule has 1 aliphatic rings. The summed E-state index contributed by atoms with van der Waals surface area (Å²) in [6, 6.07) is 5.02. The molecule has 2 unspecified atom stereocenters. The number of hydrogen-bond donors (Lipinski definition) is 1. The summed E-state index contributed by atoms with van der Waals surface area (Å²) in [7, 11) is 1.97. The van der Waals surface area contributed by atoms with Crippen LogP contribution in [0.25, 0.3) is 0 Å². The van der Waals surface area contributed by atoms with Crippen molar-refractivity contribution < 1.29 is 14.6 Å². The van der Waals surface area contributed by atoms with E-state index in [9.17, 15) is 5.11 Å². The Kier molecular flexibility index (Phi) is 6.58. The van der Waals surface area contributed by atoms with Gasteiger partial charge in [-0.15, -0.1) is 0 Å². The number of benzene rings is 1. The smallest absolute Gasteiger partial charge is 0.139 e. The Hall–Kier alpha value is -0.520. The van der Waals surface area contributed by atoms with Crippen LogP contribution in [0.1, 0.15) is 12.8 Å². The molecule has 1 aromatic carbocycles. The van der Waals surface area contributed by atoms with Gasteiger partial charge in [0.2, 0.25) is 0 Å². The summed E-state index contributed by atoms with van der Waals surface area (Å²) in [6.07, 6.45) is 1.91. The van der Waals surface area contributed by atoms with E-state index in [2.05, 4.69) is 4.90 Å². The largest absolute Gasteiger partial charge is 0.489 e. The minimum Gasteiger partial charge on any atom is -0.489 e. The molecule has 1 aliphatic heterocycles. The summed E-state index contributed by atoms with van der Waals surface area (Å²) >= 11 is 11.9. The maximum atomic E-state index is 10.0. The Morgan fingerprint density at radius 1 is 1.48 bits per heavy atom. The number of aliphatic hydroxyl groups is 1. The van der Waals surface area contributed by atoms with E-state index in [1.165, 1.54) is 0 Å². The fraction of sp³-hybridized carbons (Fsp3) is 0.600. The van der Waals surface area contributed by atoms with Gasteiger partial charge in [-0.25, -0.2) is 0 Å². The topological polar surface area (TPSA) is 41.9 Å². The highest BCUT2D eigenvalue weighted by Crippen LogP contribution is 2.27. The minimum absolute atomic E-state index is 0.177. The molecule has 1 heterocycles. The molecule has 6 heteroatoms. The highest BCUT2D eigenvalue weighted by Gasteiger charge is 2.19. The van der Waals surface area contributed by atoms with Crippen LogP contribution >= 0.6 is 23.2 Å². The molecule has 0 aliphatic carbocycles. The number of likely N-dealkylation sites (N-methyl/N-ethyl adjacent to an activating group) is 1. The van der Waals surface area contributed by atoms with Crippen LogP contribution in [0.5, 0.6) is 5.75 Å². The summed E-state index contributed by atoms with van der Waals surface area (Å²) in [6.45, 7) is 2.38. The van der Waals surface area contributed by atoms with E-state index >= 15 is 0 Å². The number of hydrogen-bond acceptors (Lipinski definition) is 4. The molecule has 0 spiro atoms. The second-order valence-electron chi connectivity index (χ2n) is 5.40. The summed E-state index contributed by atoms with van der Waals surface area (Å²) in [5.74, 6) is 0.491. The first-order valence-corrected chi connectivity index (χ1v) is 7.86. The summed E-state index contributed by atoms with van der Waals surface area (Å²) < 4.78 is 11.1. The van der Waals surface area contributed by atoms with Crippen LogP contribution in [0, 0.1) is 0 Å². The Bertz CT molecular complexity index is 453. The van der Waals surface area contributed by atoms with Crippen LogP contribution in [0.3, 0.4) is 0 Å². The first-order valence-electron chi connectivity index (χ1n) is 7.10. The van der Waals surface area contributed by atoms with Gasteiger partial charge in [0.25, 0.3) is 0 Å². The van der Waals surface area contributed by atoms with Crippen LogP contribution in [-0.4, -0.2) is 55.6 Å². The monoisotopic (exact) mass is 333 g/mol. The molecular formula is C15H21Cl2NO3. The summed E-state index contributed by atoms with van der Waals surface area (Å²) in [5.41, 5.74) is 0. The molecule has 0 saturated carbocycles. The lowest BCUT2D eigenvalue weighted by Gasteiger charge is -2.23. The predicted octanol–water partition coefficient (Wildman–Crippen LogP) is 2.84. The fourth-order valence-corrected chi connectivity index (χ4v) is 2.73. The van der Waals surface area contributed by atoms with Crippen molar-refractivity contribution in [1.82, 2.24) is 4.90 Å². The van der Waals surface area contributed by atoms with E-state index in [0.29, 0.717) is 22.3 Å². The van der Waals surface area contributed by atoms with E-state index in [0.717, 1.165) is 26.0 Å². The fourth-order valence-electron chi connectivity index (χ4n) is 2.40. The highest BCUT2D eigenvalue weighted by molar-refractivity contribution is 6.34. The summed E-state index contributed by atoms with van der Waals surface area (Å²) in [5, 5.41) is 11.1. The van der Waals surface area contributed by atoms with Crippen LogP contribution in [0.2, 0.25) is 10.0 Å². The van der Waals surface area contributed by atoms with Gasteiger partial charge < -0.3 is 19.5 Å². The normalized spacial score (nSPS) is 20.0. The first kappa shape index (κ1) is 16.8. The quantitative estimate of drug-likeness (QED) is 0.833. The second kappa shape index (κ2) is 8.20. The average molecular weight is 334 g/mol. The lowest BCUT2D eigenvalue weighted by Crippen LogP contribution is -2.37. The summed E-state index contributed by atoms with van der Waals surface area (Å²) in [4.78, 5) is 2.06. The van der Waals surface area contributed by atoms with Crippen molar-refractivity contribution in [2.45, 2.75) is 25.0 Å². The maximum Gasteiger partial charge on any atom is 0.139 e. The van der Waals surface area contributed by atoms with Gasteiger partial charge in [-0.3, -0.25) is 0 Å². The molecule has 0 amide bonds. The molecule has 1 fully saturated rings. The van der Waals surface area contributed by atoms with Gasteiger partial charge in [0.15, 0.2) is 0 Å². The van der Waals surface area contributed by atoms with Crippen molar-refractivity contribution in [3.05, 3.63) is 28.2 Å². The van der Waals surface area contributed by atoms with E-state index in [1.54, 1.807) is 18.2 Å². The molecule has 0 radical (unpaired) electrons. The lowest BCUT2D eigenvalue weighted by atomic mass is 10.2. The van der Waals surface area contributed by atoms with E-state index in [4.69, 9.17) is 32.7 Å². The van der Waals surface area contributed by atoms with Crippen molar-refractivity contribution in [3.63, 3.8) is 0 Å². The molecule has 0 aromatic heterocycles. The van der Waals surface area contributed by atoms with E-state index in [1.807, 2.05) is 7.05 Å². The third-order valence-corrected chi connectivity index (χ3v) is 3.93. The lowest BCUT2D eigenvalue weighted by molar-refractivity contribution is 0.0444. The maximum absolute atomic E-state index is 10.0. The van der Waals surface area contributed by atoms with Crippen molar-refractivity contribution in [3.8, 4) is 5.75 Å². The Labute approximate surface area is 135 Å². The highest BCUT2D eigenvalue weighted by atomic mass is 35.5. The van der Waals surface area contributed by atoms with Gasteiger partial charge in [0.1, 0.15) is 18.5 Å². The Morgan fingerprint density at radius 2 is 2.29 bits per heavy atom. The van der Waals surface area contributed by atoms with Crippen LogP contribution in [0.15, 0.2) is 18.2 Å². The molecule has 2 atom stereocenters. The minimum atomic E-state index is -0.591. The van der Waals surface area contributed by atoms with Gasteiger partial charge in [-0.2, -0.15) is 0 Å². The van der Waals surface area contributed by atoms with Crippen molar-refractivity contribution in [2.75, 3.05) is 33.4 Å². The zero-order valence-electron chi connectivity index (χ0n) is 12.1. The molecule has 118 valence electrons. The van der Waals surface area contributed by atoms with E-state index in [-0.39, 0.29) is 12.7 Å². The average Bonchev–Trinajstić information content (AvgIpc) is 2.92. The third kappa shape index (κ3) is 5.64. The number of ether oxygens (including phenoxy) is 2. The van der Waals surface area contributed by atoms with Crippen LogP contribution in [-0.2, 0) is 4.74 Å². The van der Waals surface area contributed by atoms with Crippen molar-refractivity contribution in [1.29, 1.82) is 0 Å². The molecule has 1 aromatic rings. The van der Waals surface area contributed by atoms with Gasteiger partial charge in [0.05, 0.1) is 11.1 Å². The van der Waals surface area contributed by atoms with Gasteiger partial charge in [-0.05, 0) is 32.0 Å². The zero-order chi connectivity index (χ0) is 15.2. The molecule has 0 bridgehead atoms. The van der Waals surface area contributed by atoms with Crippen molar-refractivity contribution in [2.24, 2.45) is 0 Å². The standard InChI is InChI=1S/C15H21Cl2NO3/c1-18(9-13-3-2-6-20-13)8-12(19)10-21-15-7-11(16)4-5-14(15)17/h4-5,7,12-13,19H,2-3,6,8-10H2,1H3. The van der Waals surface area contributed by atoms with Crippen LogP contribution < -0.4 is 4.74 Å². The molecule has 1 N–H and O–H groups in total. The number of aliphatic hydroxyl groups excluding tert-OH is 1. The Morgan fingerprint density at radius 3 is 3.00 bits per heavy atom. The van der Waals surface area contributed by atoms with Gasteiger partial charge in [-0.1, -0.05) is 23.2 Å². The number of halogens is 2. The molecule has 2 rings (SSSR count). The number of rotatable bonds is 7. The second-order valence-corrected chi connectivity index (χ2v) is 6.24. The molecule has 1 saturated heterocycles. The molecule has 4 nitrogen and oxygen atoms in total. The van der Waals surface area contributed by atoms with E-state index < -0.39 is 6.10 Å².